The molecule has 4 heterocycles. The minimum absolute atomic E-state index is 0.293. The van der Waals surface area contributed by atoms with Crippen LogP contribution in [-0.2, 0) is 11.3 Å². The van der Waals surface area contributed by atoms with Crippen LogP contribution in [0.15, 0.2) is 42.7 Å². The van der Waals surface area contributed by atoms with Gasteiger partial charge >= 0.3 is 0 Å². The Kier molecular flexibility index (Phi) is 5.80. The van der Waals surface area contributed by atoms with Gasteiger partial charge in [-0.2, -0.15) is 5.10 Å². The Morgan fingerprint density at radius 1 is 1.22 bits per heavy atom. The molecule has 1 saturated heterocycles. The Hall–Kier alpha value is -3.34. The minimum Gasteiger partial charge on any atom is -0.379 e. The van der Waals surface area contributed by atoms with Gasteiger partial charge in [0.05, 0.1) is 25.1 Å². The van der Waals surface area contributed by atoms with Crippen LogP contribution in [0, 0.1) is 6.92 Å². The molecular formula is C22H23N7O2S. The number of rotatable bonds is 6. The summed E-state index contributed by atoms with van der Waals surface area (Å²) < 4.78 is 5.39. The number of morpholine rings is 1. The van der Waals surface area contributed by atoms with E-state index in [9.17, 15) is 4.79 Å². The van der Waals surface area contributed by atoms with E-state index in [4.69, 9.17) is 4.74 Å². The number of aromatic amines is 1. The Morgan fingerprint density at radius 3 is 2.84 bits per heavy atom. The molecule has 0 radical (unpaired) electrons. The number of aromatic nitrogens is 4. The quantitative estimate of drug-likeness (QED) is 0.413. The predicted molar refractivity (Wildman–Crippen MR) is 125 cm³/mol. The van der Waals surface area contributed by atoms with Crippen molar-refractivity contribution in [3.8, 4) is 0 Å². The third-order valence-electron chi connectivity index (χ3n) is 5.23. The lowest BCUT2D eigenvalue weighted by molar-refractivity contribution is 0.0342. The van der Waals surface area contributed by atoms with Crippen LogP contribution in [0.1, 0.15) is 20.9 Å². The zero-order valence-electron chi connectivity index (χ0n) is 17.6. The fourth-order valence-corrected chi connectivity index (χ4v) is 4.45. The number of aryl methyl sites for hydroxylation is 1. The molecule has 0 saturated carbocycles. The number of anilines is 3. The molecule has 1 aromatic carbocycles. The number of carbonyl (C=O) groups is 1. The summed E-state index contributed by atoms with van der Waals surface area (Å²) >= 11 is 1.60. The molecular weight excluding hydrogens is 426 g/mol. The van der Waals surface area contributed by atoms with Gasteiger partial charge in [0.15, 0.2) is 0 Å². The molecule has 32 heavy (non-hydrogen) atoms. The molecule has 3 N–H and O–H groups in total. The van der Waals surface area contributed by atoms with Crippen LogP contribution in [0.4, 0.5) is 17.3 Å². The molecule has 1 amide bonds. The first-order valence-corrected chi connectivity index (χ1v) is 11.2. The maximum Gasteiger partial charge on any atom is 0.275 e. The number of carbonyl (C=O) groups excluding carboxylic acids is 1. The van der Waals surface area contributed by atoms with Gasteiger partial charge in [0.1, 0.15) is 10.5 Å². The van der Waals surface area contributed by atoms with Crippen LogP contribution in [0.25, 0.3) is 10.2 Å². The number of fused-ring (bicyclic) bond motifs is 1. The monoisotopic (exact) mass is 449 g/mol. The van der Waals surface area contributed by atoms with Gasteiger partial charge in [-0.05, 0) is 30.7 Å². The highest BCUT2D eigenvalue weighted by Crippen LogP contribution is 2.25. The smallest absolute Gasteiger partial charge is 0.275 e. The molecule has 1 fully saturated rings. The Bertz CT molecular complexity index is 1230. The number of nitrogens with one attached hydrogen (secondary N) is 3. The lowest BCUT2D eigenvalue weighted by Crippen LogP contribution is -2.35. The fourth-order valence-electron chi connectivity index (χ4n) is 3.60. The molecule has 1 aliphatic rings. The Morgan fingerprint density at radius 2 is 2.03 bits per heavy atom. The van der Waals surface area contributed by atoms with Crippen molar-refractivity contribution in [2.45, 2.75) is 13.5 Å². The third kappa shape index (κ3) is 4.62. The van der Waals surface area contributed by atoms with Crippen molar-refractivity contribution in [2.75, 3.05) is 36.9 Å². The van der Waals surface area contributed by atoms with Crippen LogP contribution in [0.3, 0.4) is 0 Å². The Labute approximate surface area is 188 Å². The van der Waals surface area contributed by atoms with Crippen molar-refractivity contribution in [1.82, 2.24) is 25.1 Å². The lowest BCUT2D eigenvalue weighted by Gasteiger charge is -2.26. The normalized spacial score (nSPS) is 14.5. The number of H-pyrrole nitrogens is 1. The molecule has 10 heteroatoms. The summed E-state index contributed by atoms with van der Waals surface area (Å²) in [6, 6.07) is 9.93. The van der Waals surface area contributed by atoms with E-state index in [1.54, 1.807) is 23.7 Å². The van der Waals surface area contributed by atoms with Crippen molar-refractivity contribution in [3.63, 3.8) is 0 Å². The van der Waals surface area contributed by atoms with Gasteiger partial charge in [-0.3, -0.25) is 14.8 Å². The van der Waals surface area contributed by atoms with Crippen molar-refractivity contribution < 1.29 is 9.53 Å². The average Bonchev–Trinajstić information content (AvgIpc) is 3.41. The van der Waals surface area contributed by atoms with Gasteiger partial charge < -0.3 is 15.4 Å². The second kappa shape index (κ2) is 9.03. The highest BCUT2D eigenvalue weighted by atomic mass is 32.1. The summed E-state index contributed by atoms with van der Waals surface area (Å²) in [5, 5.41) is 13.8. The molecule has 0 atom stereocenters. The maximum absolute atomic E-state index is 12.8. The number of benzene rings is 1. The molecule has 5 rings (SSSR count). The second-order valence-electron chi connectivity index (χ2n) is 7.63. The van der Waals surface area contributed by atoms with Crippen LogP contribution in [-0.4, -0.2) is 57.3 Å². The van der Waals surface area contributed by atoms with Crippen LogP contribution in [0.5, 0.6) is 0 Å². The topological polar surface area (TPSA) is 108 Å². The summed E-state index contributed by atoms with van der Waals surface area (Å²) in [5.74, 6) is 0.126. The molecule has 164 valence electrons. The van der Waals surface area contributed by atoms with Crippen LogP contribution >= 0.6 is 11.3 Å². The molecule has 0 spiro atoms. The van der Waals surface area contributed by atoms with E-state index in [2.05, 4.69) is 35.7 Å². The number of amides is 1. The molecule has 0 aliphatic carbocycles. The van der Waals surface area contributed by atoms with E-state index in [1.165, 1.54) is 10.4 Å². The van der Waals surface area contributed by atoms with Crippen molar-refractivity contribution in [1.29, 1.82) is 0 Å². The van der Waals surface area contributed by atoms with Gasteiger partial charge in [0.2, 0.25) is 5.95 Å². The fraction of sp³-hybridized carbons (Fsp3) is 0.273. The standard InChI is InChI=1S/C22H23N7O2S/c1-14-10-16-11-23-22(27-21(16)32-14)26-18-12-24-28-19(18)20(30)25-17-4-2-15(3-5-17)13-29-6-8-31-9-7-29/h2-5,10-12H,6-9,13H2,1H3,(H,24,28)(H,25,30)(H,23,26,27). The van der Waals surface area contributed by atoms with E-state index in [0.717, 1.165) is 43.1 Å². The predicted octanol–water partition coefficient (Wildman–Crippen LogP) is 3.55. The first-order valence-electron chi connectivity index (χ1n) is 10.4. The maximum atomic E-state index is 12.8. The highest BCUT2D eigenvalue weighted by Gasteiger charge is 2.16. The summed E-state index contributed by atoms with van der Waals surface area (Å²) in [5.41, 5.74) is 2.74. The summed E-state index contributed by atoms with van der Waals surface area (Å²) in [7, 11) is 0. The zero-order valence-corrected chi connectivity index (χ0v) is 18.4. The van der Waals surface area contributed by atoms with Gasteiger partial charge in [-0.1, -0.05) is 12.1 Å². The summed E-state index contributed by atoms with van der Waals surface area (Å²) in [4.78, 5) is 26.1. The molecule has 4 aromatic rings. The number of thiophene rings is 1. The van der Waals surface area contributed by atoms with E-state index in [1.807, 2.05) is 37.3 Å². The molecule has 3 aromatic heterocycles. The van der Waals surface area contributed by atoms with Crippen LogP contribution < -0.4 is 10.6 Å². The minimum atomic E-state index is -0.293. The molecule has 1 aliphatic heterocycles. The van der Waals surface area contributed by atoms with E-state index < -0.39 is 0 Å². The number of hydrogen-bond donors (Lipinski definition) is 3. The number of hydrogen-bond acceptors (Lipinski definition) is 8. The zero-order chi connectivity index (χ0) is 21.9. The summed E-state index contributed by atoms with van der Waals surface area (Å²) in [6.45, 7) is 6.35. The first kappa shape index (κ1) is 20.6. The van der Waals surface area contributed by atoms with E-state index >= 15 is 0 Å². The van der Waals surface area contributed by atoms with Crippen molar-refractivity contribution >= 4 is 44.8 Å². The van der Waals surface area contributed by atoms with Crippen molar-refractivity contribution in [2.24, 2.45) is 0 Å². The summed E-state index contributed by atoms with van der Waals surface area (Å²) in [6.07, 6.45) is 3.32. The first-order chi connectivity index (χ1) is 15.6. The van der Waals surface area contributed by atoms with Gasteiger partial charge in [-0.25, -0.2) is 9.97 Å². The molecule has 0 unspecified atom stereocenters. The van der Waals surface area contributed by atoms with E-state index in [-0.39, 0.29) is 5.91 Å². The van der Waals surface area contributed by atoms with Gasteiger partial charge in [0.25, 0.3) is 5.91 Å². The third-order valence-corrected chi connectivity index (χ3v) is 6.19. The number of ether oxygens (including phenoxy) is 1. The largest absolute Gasteiger partial charge is 0.379 e. The highest BCUT2D eigenvalue weighted by molar-refractivity contribution is 7.18. The number of nitrogens with zero attached hydrogens (tertiary/aromatic N) is 4. The second-order valence-corrected chi connectivity index (χ2v) is 8.87. The van der Waals surface area contributed by atoms with Gasteiger partial charge in [-0.15, -0.1) is 11.3 Å². The Balaban J connectivity index is 1.24. The molecule has 0 bridgehead atoms. The lowest BCUT2D eigenvalue weighted by atomic mass is 10.2. The average molecular weight is 450 g/mol. The van der Waals surface area contributed by atoms with Gasteiger partial charge in [0, 0.05) is 41.8 Å². The van der Waals surface area contributed by atoms with Crippen LogP contribution in [0.2, 0.25) is 0 Å². The van der Waals surface area contributed by atoms with E-state index in [0.29, 0.717) is 23.0 Å². The molecule has 9 nitrogen and oxygen atoms in total. The SMILES string of the molecule is Cc1cc2cnc(Nc3cn[nH]c3C(=O)Nc3ccc(CN4CCOCC4)cc3)nc2s1. The van der Waals surface area contributed by atoms with Crippen molar-refractivity contribution in [3.05, 3.63) is 58.9 Å².